The van der Waals surface area contributed by atoms with Crippen molar-refractivity contribution in [3.05, 3.63) is 35.9 Å². The molecule has 2 amide bonds. The van der Waals surface area contributed by atoms with Crippen LogP contribution < -0.4 is 22.1 Å². The summed E-state index contributed by atoms with van der Waals surface area (Å²) in [6.45, 7) is 0.395. The van der Waals surface area contributed by atoms with Crippen molar-refractivity contribution >= 4 is 23.8 Å². The van der Waals surface area contributed by atoms with Gasteiger partial charge >= 0.3 is 11.9 Å². The number of carboxylic acids is 2. The van der Waals surface area contributed by atoms with Crippen LogP contribution in [0.1, 0.15) is 31.2 Å². The minimum absolute atomic E-state index is 0.215. The maximum atomic E-state index is 12.5. The first-order chi connectivity index (χ1) is 13.7. The van der Waals surface area contributed by atoms with Gasteiger partial charge in [0.25, 0.3) is 0 Å². The Labute approximate surface area is 168 Å². The van der Waals surface area contributed by atoms with Crippen molar-refractivity contribution in [3.63, 3.8) is 0 Å². The van der Waals surface area contributed by atoms with Crippen molar-refractivity contribution in [2.75, 3.05) is 6.54 Å². The van der Waals surface area contributed by atoms with E-state index in [1.165, 1.54) is 0 Å². The van der Waals surface area contributed by atoms with Gasteiger partial charge in [-0.25, -0.2) is 4.79 Å². The molecule has 0 aliphatic rings. The molecule has 0 aliphatic carbocycles. The monoisotopic (exact) mass is 408 g/mol. The molecule has 0 fully saturated rings. The van der Waals surface area contributed by atoms with Gasteiger partial charge < -0.3 is 32.3 Å². The molecule has 0 aromatic heterocycles. The molecule has 3 unspecified atom stereocenters. The normalized spacial score (nSPS) is 13.7. The van der Waals surface area contributed by atoms with E-state index in [0.29, 0.717) is 19.4 Å². The highest BCUT2D eigenvalue weighted by atomic mass is 16.4. The third kappa shape index (κ3) is 9.17. The van der Waals surface area contributed by atoms with Gasteiger partial charge in [0, 0.05) is 0 Å². The lowest BCUT2D eigenvalue weighted by molar-refractivity contribution is -0.147. The lowest BCUT2D eigenvalue weighted by Gasteiger charge is -2.22. The molecular weight excluding hydrogens is 380 g/mol. The zero-order valence-corrected chi connectivity index (χ0v) is 16.0. The molecule has 10 nitrogen and oxygen atoms in total. The topological polar surface area (TPSA) is 185 Å². The van der Waals surface area contributed by atoms with E-state index >= 15 is 0 Å². The number of benzene rings is 1. The van der Waals surface area contributed by atoms with Gasteiger partial charge in [-0.1, -0.05) is 30.3 Å². The SMILES string of the molecule is NCCCCC(NC(=O)C(N)Cc1ccccc1)C(=O)NC(CC(=O)O)C(=O)O. The number of amides is 2. The van der Waals surface area contributed by atoms with Gasteiger partial charge in [0.2, 0.25) is 11.8 Å². The zero-order valence-electron chi connectivity index (χ0n) is 16.0. The van der Waals surface area contributed by atoms with Gasteiger partial charge in [-0.2, -0.15) is 0 Å². The van der Waals surface area contributed by atoms with E-state index in [4.69, 9.17) is 21.7 Å². The Morgan fingerprint density at radius 1 is 0.931 bits per heavy atom. The van der Waals surface area contributed by atoms with E-state index < -0.39 is 48.3 Å². The number of carboxylic acid groups (broad SMARTS) is 2. The summed E-state index contributed by atoms with van der Waals surface area (Å²) in [4.78, 5) is 46.9. The van der Waals surface area contributed by atoms with Gasteiger partial charge in [-0.3, -0.25) is 14.4 Å². The molecule has 1 aromatic rings. The Hall–Kier alpha value is -2.98. The first-order valence-corrected chi connectivity index (χ1v) is 9.29. The summed E-state index contributed by atoms with van der Waals surface area (Å²) in [5, 5.41) is 22.6. The second-order valence-electron chi connectivity index (χ2n) is 6.64. The number of carbonyl (C=O) groups excluding carboxylic acids is 2. The lowest BCUT2D eigenvalue weighted by atomic mass is 10.0. The Morgan fingerprint density at radius 2 is 1.55 bits per heavy atom. The van der Waals surface area contributed by atoms with Crippen molar-refractivity contribution in [1.82, 2.24) is 10.6 Å². The molecule has 10 heteroatoms. The highest BCUT2D eigenvalue weighted by Gasteiger charge is 2.29. The number of aliphatic carboxylic acids is 2. The molecule has 0 aliphatic heterocycles. The minimum Gasteiger partial charge on any atom is -0.481 e. The van der Waals surface area contributed by atoms with Gasteiger partial charge in [-0.05, 0) is 37.8 Å². The molecule has 3 atom stereocenters. The largest absolute Gasteiger partial charge is 0.481 e. The van der Waals surface area contributed by atoms with Crippen molar-refractivity contribution in [2.45, 2.75) is 50.2 Å². The van der Waals surface area contributed by atoms with Crippen LogP contribution in [0.15, 0.2) is 30.3 Å². The molecule has 0 spiro atoms. The highest BCUT2D eigenvalue weighted by molar-refractivity contribution is 5.92. The molecule has 160 valence electrons. The first kappa shape index (κ1) is 24.1. The molecule has 0 heterocycles. The number of rotatable bonds is 13. The summed E-state index contributed by atoms with van der Waals surface area (Å²) in [5.41, 5.74) is 12.2. The summed E-state index contributed by atoms with van der Waals surface area (Å²) in [6.07, 6.45) is 0.817. The van der Waals surface area contributed by atoms with Crippen LogP contribution in [0.5, 0.6) is 0 Å². The van der Waals surface area contributed by atoms with Crippen molar-refractivity contribution in [1.29, 1.82) is 0 Å². The lowest BCUT2D eigenvalue weighted by Crippen LogP contribution is -2.55. The standard InChI is InChI=1S/C19H28N4O6/c20-9-5-4-8-14(18(27)23-15(19(28)29)11-16(24)25)22-17(26)13(21)10-12-6-2-1-3-7-12/h1-3,6-7,13-15H,4-5,8-11,20-21H2,(H,22,26)(H,23,27)(H,24,25)(H,28,29). The fraction of sp³-hybridized carbons (Fsp3) is 0.474. The van der Waals surface area contributed by atoms with Crippen LogP contribution in [0.2, 0.25) is 0 Å². The fourth-order valence-corrected chi connectivity index (χ4v) is 2.65. The van der Waals surface area contributed by atoms with Crippen molar-refractivity contribution < 1.29 is 29.4 Å². The summed E-state index contributed by atoms with van der Waals surface area (Å²) in [5.74, 6) is -4.19. The van der Waals surface area contributed by atoms with E-state index in [1.807, 2.05) is 30.3 Å². The number of unbranched alkanes of at least 4 members (excludes halogenated alkanes) is 1. The van der Waals surface area contributed by atoms with Gasteiger partial charge in [0.1, 0.15) is 12.1 Å². The minimum atomic E-state index is -1.60. The summed E-state index contributed by atoms with van der Waals surface area (Å²) in [7, 11) is 0. The van der Waals surface area contributed by atoms with Crippen molar-refractivity contribution in [3.8, 4) is 0 Å². The summed E-state index contributed by atoms with van der Waals surface area (Å²) >= 11 is 0. The predicted octanol–water partition coefficient (Wildman–Crippen LogP) is -0.786. The molecule has 1 rings (SSSR count). The van der Waals surface area contributed by atoms with Crippen LogP contribution in [0.25, 0.3) is 0 Å². The second kappa shape index (κ2) is 12.5. The summed E-state index contributed by atoms with van der Waals surface area (Å²) in [6, 6.07) is 5.55. The van der Waals surface area contributed by atoms with E-state index in [-0.39, 0.29) is 12.8 Å². The Bertz CT molecular complexity index is 697. The Kier molecular flexibility index (Phi) is 10.3. The van der Waals surface area contributed by atoms with Crippen LogP contribution in [-0.2, 0) is 25.6 Å². The molecule has 0 saturated heterocycles. The van der Waals surface area contributed by atoms with Crippen molar-refractivity contribution in [2.24, 2.45) is 11.5 Å². The summed E-state index contributed by atoms with van der Waals surface area (Å²) < 4.78 is 0. The predicted molar refractivity (Wildman–Crippen MR) is 105 cm³/mol. The molecule has 29 heavy (non-hydrogen) atoms. The zero-order chi connectivity index (χ0) is 21.8. The van der Waals surface area contributed by atoms with Crippen LogP contribution in [0.4, 0.5) is 0 Å². The van der Waals surface area contributed by atoms with E-state index in [2.05, 4.69) is 10.6 Å². The number of carbonyl (C=O) groups is 4. The highest BCUT2D eigenvalue weighted by Crippen LogP contribution is 2.06. The molecule has 0 radical (unpaired) electrons. The van der Waals surface area contributed by atoms with Crippen LogP contribution >= 0.6 is 0 Å². The third-order valence-electron chi connectivity index (χ3n) is 4.21. The fourth-order valence-electron chi connectivity index (χ4n) is 2.65. The molecule has 0 saturated carbocycles. The van der Waals surface area contributed by atoms with Crippen LogP contribution in [-0.4, -0.2) is 58.6 Å². The van der Waals surface area contributed by atoms with Gasteiger partial charge in [0.15, 0.2) is 0 Å². The van der Waals surface area contributed by atoms with E-state index in [9.17, 15) is 19.2 Å². The number of hydrogen-bond acceptors (Lipinski definition) is 6. The Morgan fingerprint density at radius 3 is 2.10 bits per heavy atom. The smallest absolute Gasteiger partial charge is 0.326 e. The van der Waals surface area contributed by atoms with E-state index in [1.54, 1.807) is 0 Å². The maximum Gasteiger partial charge on any atom is 0.326 e. The van der Waals surface area contributed by atoms with Gasteiger partial charge in [0.05, 0.1) is 12.5 Å². The number of hydrogen-bond donors (Lipinski definition) is 6. The number of nitrogens with two attached hydrogens (primary N) is 2. The first-order valence-electron chi connectivity index (χ1n) is 9.29. The molecule has 0 bridgehead atoms. The average Bonchev–Trinajstić information content (AvgIpc) is 2.66. The van der Waals surface area contributed by atoms with Crippen LogP contribution in [0, 0.1) is 0 Å². The molecule has 8 N–H and O–H groups in total. The maximum absolute atomic E-state index is 12.5. The number of nitrogens with one attached hydrogen (secondary N) is 2. The third-order valence-corrected chi connectivity index (χ3v) is 4.21. The molecule has 1 aromatic carbocycles. The quantitative estimate of drug-likeness (QED) is 0.229. The van der Waals surface area contributed by atoms with Gasteiger partial charge in [-0.15, -0.1) is 0 Å². The molecular formula is C19H28N4O6. The van der Waals surface area contributed by atoms with E-state index in [0.717, 1.165) is 5.56 Å². The average molecular weight is 408 g/mol. The van der Waals surface area contributed by atoms with Crippen LogP contribution in [0.3, 0.4) is 0 Å². The second-order valence-corrected chi connectivity index (χ2v) is 6.64. The Balaban J connectivity index is 2.78.